The molecule has 0 aliphatic heterocycles. The summed E-state index contributed by atoms with van der Waals surface area (Å²) in [7, 11) is 0. The quantitative estimate of drug-likeness (QED) is 0.663. The van der Waals surface area contributed by atoms with Crippen LogP contribution in [-0.2, 0) is 4.79 Å². The van der Waals surface area contributed by atoms with Gasteiger partial charge in [-0.25, -0.2) is 0 Å². The maximum Gasteiger partial charge on any atom is 0.270 e. The van der Waals surface area contributed by atoms with Crippen molar-refractivity contribution in [1.82, 2.24) is 25.3 Å². The molecule has 2 saturated carbocycles. The molecule has 4 rings (SSSR count). The van der Waals surface area contributed by atoms with E-state index in [1.807, 2.05) is 13.8 Å². The fourth-order valence-corrected chi connectivity index (χ4v) is 3.89. The van der Waals surface area contributed by atoms with Gasteiger partial charge < -0.3 is 10.6 Å². The van der Waals surface area contributed by atoms with E-state index in [1.165, 1.54) is 0 Å². The van der Waals surface area contributed by atoms with Gasteiger partial charge in [-0.3, -0.25) is 19.4 Å². The first-order valence-electron chi connectivity index (χ1n) is 9.68. The van der Waals surface area contributed by atoms with E-state index in [1.54, 1.807) is 29.3 Å². The number of nitrogens with zero attached hydrogens (tertiary/aromatic N) is 3. The second kappa shape index (κ2) is 7.17. The van der Waals surface area contributed by atoms with Crippen LogP contribution in [0.25, 0.3) is 0 Å². The Bertz CT molecular complexity index is 792. The minimum absolute atomic E-state index is 0.0709. The molecule has 0 bridgehead atoms. The Morgan fingerprint density at radius 1 is 1.22 bits per heavy atom. The standard InChI is InChI=1S/C19H26N6O2/c1-11(2)25-15(7-8-22-25)18(26)24-17(16(12-3-4-12)13-5-6-13)19(27)23-14-9-20-21-10-14/h7-13,16-17H,3-6H2,1-2H3,(H,20,21)(H,23,27)(H,24,26)/t17-/m0/s1. The Balaban J connectivity index is 1.56. The van der Waals surface area contributed by atoms with Crippen LogP contribution in [0.15, 0.2) is 24.7 Å². The van der Waals surface area contributed by atoms with E-state index >= 15 is 0 Å². The van der Waals surface area contributed by atoms with Gasteiger partial charge in [-0.15, -0.1) is 0 Å². The lowest BCUT2D eigenvalue weighted by Gasteiger charge is -2.27. The minimum Gasteiger partial charge on any atom is -0.339 e. The van der Waals surface area contributed by atoms with Crippen LogP contribution in [-0.4, -0.2) is 37.8 Å². The molecule has 0 unspecified atom stereocenters. The molecule has 8 nitrogen and oxygen atoms in total. The smallest absolute Gasteiger partial charge is 0.270 e. The normalized spacial score (nSPS) is 17.9. The highest BCUT2D eigenvalue weighted by atomic mass is 16.2. The molecule has 2 fully saturated rings. The maximum absolute atomic E-state index is 13.1. The molecule has 2 amide bonds. The first-order valence-corrected chi connectivity index (χ1v) is 9.68. The van der Waals surface area contributed by atoms with Gasteiger partial charge in [0.15, 0.2) is 0 Å². The molecule has 3 N–H and O–H groups in total. The van der Waals surface area contributed by atoms with Gasteiger partial charge in [-0.1, -0.05) is 0 Å². The number of carbonyl (C=O) groups excluding carboxylic acids is 2. The lowest BCUT2D eigenvalue weighted by molar-refractivity contribution is -0.119. The van der Waals surface area contributed by atoms with E-state index in [-0.39, 0.29) is 23.8 Å². The van der Waals surface area contributed by atoms with Crippen molar-refractivity contribution in [2.75, 3.05) is 5.32 Å². The Kier molecular flexibility index (Phi) is 4.72. The number of hydrogen-bond acceptors (Lipinski definition) is 4. The van der Waals surface area contributed by atoms with Crippen molar-refractivity contribution < 1.29 is 9.59 Å². The fraction of sp³-hybridized carbons (Fsp3) is 0.579. The number of H-pyrrole nitrogens is 1. The minimum atomic E-state index is -0.553. The largest absolute Gasteiger partial charge is 0.339 e. The molecule has 0 spiro atoms. The second-order valence-corrected chi connectivity index (χ2v) is 7.93. The number of amides is 2. The number of aromatic nitrogens is 4. The third-order valence-corrected chi connectivity index (χ3v) is 5.44. The Morgan fingerprint density at radius 3 is 2.48 bits per heavy atom. The van der Waals surface area contributed by atoms with Gasteiger partial charge in [0.2, 0.25) is 5.91 Å². The predicted octanol–water partition coefficient (Wildman–Crippen LogP) is 2.36. The molecule has 144 valence electrons. The summed E-state index contributed by atoms with van der Waals surface area (Å²) in [5, 5.41) is 16.7. The third-order valence-electron chi connectivity index (χ3n) is 5.44. The van der Waals surface area contributed by atoms with E-state index in [9.17, 15) is 9.59 Å². The van der Waals surface area contributed by atoms with Crippen molar-refractivity contribution in [1.29, 1.82) is 0 Å². The third kappa shape index (κ3) is 3.89. The summed E-state index contributed by atoms with van der Waals surface area (Å²) in [5.74, 6) is 0.807. The van der Waals surface area contributed by atoms with Gasteiger partial charge in [0.05, 0.1) is 11.9 Å². The van der Waals surface area contributed by atoms with Crippen molar-refractivity contribution in [2.24, 2.45) is 17.8 Å². The highest BCUT2D eigenvalue weighted by Crippen LogP contribution is 2.50. The van der Waals surface area contributed by atoms with Crippen molar-refractivity contribution >= 4 is 17.5 Å². The van der Waals surface area contributed by atoms with Gasteiger partial charge >= 0.3 is 0 Å². The topological polar surface area (TPSA) is 105 Å². The van der Waals surface area contributed by atoms with Gasteiger partial charge in [0.1, 0.15) is 11.7 Å². The summed E-state index contributed by atoms with van der Waals surface area (Å²) in [6.07, 6.45) is 9.36. The number of aromatic amines is 1. The molecule has 2 aliphatic rings. The van der Waals surface area contributed by atoms with Crippen molar-refractivity contribution in [3.63, 3.8) is 0 Å². The average Bonchev–Trinajstić information content (AvgIpc) is 3.55. The number of anilines is 1. The van der Waals surface area contributed by atoms with Crippen LogP contribution in [0.3, 0.4) is 0 Å². The molecule has 0 saturated heterocycles. The number of rotatable bonds is 8. The molecule has 8 heteroatoms. The zero-order chi connectivity index (χ0) is 19.0. The molecular weight excluding hydrogens is 344 g/mol. The highest BCUT2D eigenvalue weighted by molar-refractivity contribution is 6.00. The number of hydrogen-bond donors (Lipinski definition) is 3. The van der Waals surface area contributed by atoms with E-state index in [0.717, 1.165) is 25.7 Å². The summed E-state index contributed by atoms with van der Waals surface area (Å²) < 4.78 is 1.68. The number of nitrogens with one attached hydrogen (secondary N) is 3. The van der Waals surface area contributed by atoms with Crippen LogP contribution < -0.4 is 10.6 Å². The summed E-state index contributed by atoms with van der Waals surface area (Å²) >= 11 is 0. The van der Waals surface area contributed by atoms with Crippen LogP contribution >= 0.6 is 0 Å². The molecule has 0 radical (unpaired) electrons. The van der Waals surface area contributed by atoms with Crippen molar-refractivity contribution in [3.8, 4) is 0 Å². The molecule has 2 aliphatic carbocycles. The molecular formula is C19H26N6O2. The lowest BCUT2D eigenvalue weighted by Crippen LogP contribution is -2.50. The monoisotopic (exact) mass is 370 g/mol. The molecule has 2 heterocycles. The second-order valence-electron chi connectivity index (χ2n) is 7.93. The lowest BCUT2D eigenvalue weighted by atomic mass is 9.88. The van der Waals surface area contributed by atoms with Gasteiger partial charge in [0, 0.05) is 18.4 Å². The zero-order valence-corrected chi connectivity index (χ0v) is 15.7. The maximum atomic E-state index is 13.1. The highest BCUT2D eigenvalue weighted by Gasteiger charge is 2.48. The van der Waals surface area contributed by atoms with Gasteiger partial charge in [0.25, 0.3) is 5.91 Å². The van der Waals surface area contributed by atoms with Crippen LogP contribution in [0.5, 0.6) is 0 Å². The van der Waals surface area contributed by atoms with Crippen molar-refractivity contribution in [2.45, 2.75) is 51.6 Å². The zero-order valence-electron chi connectivity index (χ0n) is 15.7. The summed E-state index contributed by atoms with van der Waals surface area (Å²) in [5.41, 5.74) is 1.09. The Labute approximate surface area is 158 Å². The molecule has 2 aromatic heterocycles. The van der Waals surface area contributed by atoms with Crippen molar-refractivity contribution in [3.05, 3.63) is 30.4 Å². The SMILES string of the molecule is CC(C)n1nccc1C(=O)N[C@H](C(=O)Nc1cn[nH]c1)C(C1CC1)C1CC1. The first-order chi connectivity index (χ1) is 13.0. The van der Waals surface area contributed by atoms with E-state index in [2.05, 4.69) is 25.9 Å². The van der Waals surface area contributed by atoms with Crippen LogP contribution in [0, 0.1) is 17.8 Å². The average molecular weight is 370 g/mol. The fourth-order valence-electron chi connectivity index (χ4n) is 3.89. The first kappa shape index (κ1) is 17.8. The van der Waals surface area contributed by atoms with Crippen LogP contribution in [0.4, 0.5) is 5.69 Å². The van der Waals surface area contributed by atoms with Gasteiger partial charge in [-0.05, 0) is 63.4 Å². The number of carbonyl (C=O) groups is 2. The molecule has 2 aromatic rings. The van der Waals surface area contributed by atoms with E-state index in [0.29, 0.717) is 23.2 Å². The van der Waals surface area contributed by atoms with Crippen LogP contribution in [0.2, 0.25) is 0 Å². The molecule has 1 atom stereocenters. The summed E-state index contributed by atoms with van der Waals surface area (Å²) in [4.78, 5) is 26.0. The van der Waals surface area contributed by atoms with Gasteiger partial charge in [-0.2, -0.15) is 10.2 Å². The van der Waals surface area contributed by atoms with E-state index < -0.39 is 6.04 Å². The summed E-state index contributed by atoms with van der Waals surface area (Å²) in [6, 6.07) is 1.22. The van der Waals surface area contributed by atoms with Crippen LogP contribution in [0.1, 0.15) is 56.1 Å². The molecule has 0 aromatic carbocycles. The summed E-state index contributed by atoms with van der Waals surface area (Å²) in [6.45, 7) is 3.95. The Hall–Kier alpha value is -2.64. The van der Waals surface area contributed by atoms with E-state index in [4.69, 9.17) is 0 Å². The molecule has 27 heavy (non-hydrogen) atoms. The predicted molar refractivity (Wildman–Crippen MR) is 100 cm³/mol. The Morgan fingerprint density at radius 2 is 1.93 bits per heavy atom.